The highest BCUT2D eigenvalue weighted by Crippen LogP contribution is 2.40. The van der Waals surface area contributed by atoms with Gasteiger partial charge in [-0.15, -0.1) is 0 Å². The predicted molar refractivity (Wildman–Crippen MR) is 114 cm³/mol. The lowest BCUT2D eigenvalue weighted by atomic mass is 9.95. The minimum Gasteiger partial charge on any atom is -0.495 e. The molecule has 2 heterocycles. The second kappa shape index (κ2) is 8.31. The summed E-state index contributed by atoms with van der Waals surface area (Å²) >= 11 is 0. The number of hydrogen-bond donors (Lipinski definition) is 0. The van der Waals surface area contributed by atoms with Gasteiger partial charge in [-0.1, -0.05) is 6.07 Å². The minimum atomic E-state index is -0.464. The summed E-state index contributed by atoms with van der Waals surface area (Å²) in [5, 5.41) is 11.4. The third kappa shape index (κ3) is 3.59. The standard InChI is InChI=1S/C22H25N3O5/c1-15-5-8-20(29-2)21-17(15)4-3-9-24(21)22(26)18-14-16(25(27)28)6-7-19(18)23-10-12-30-13-11-23/h5-8,14H,3-4,9-13H2,1-2H3. The van der Waals surface area contributed by atoms with Crippen LogP contribution in [0, 0.1) is 17.0 Å². The molecule has 2 aliphatic rings. The van der Waals surface area contributed by atoms with Crippen LogP contribution in [-0.4, -0.2) is 50.8 Å². The second-order valence-electron chi connectivity index (χ2n) is 7.53. The van der Waals surface area contributed by atoms with Gasteiger partial charge in [-0.2, -0.15) is 0 Å². The van der Waals surface area contributed by atoms with Crippen molar-refractivity contribution in [2.45, 2.75) is 19.8 Å². The number of rotatable bonds is 4. The fourth-order valence-corrected chi connectivity index (χ4v) is 4.26. The summed E-state index contributed by atoms with van der Waals surface area (Å²) in [4.78, 5) is 28.5. The molecule has 0 spiro atoms. The Labute approximate surface area is 175 Å². The molecule has 4 rings (SSSR count). The van der Waals surface area contributed by atoms with Crippen molar-refractivity contribution in [1.29, 1.82) is 0 Å². The average Bonchev–Trinajstić information content (AvgIpc) is 2.79. The number of benzene rings is 2. The van der Waals surface area contributed by atoms with E-state index in [1.54, 1.807) is 18.1 Å². The molecule has 0 unspecified atom stereocenters. The molecule has 1 amide bonds. The zero-order valence-corrected chi connectivity index (χ0v) is 17.2. The van der Waals surface area contributed by atoms with Crippen molar-refractivity contribution in [3.8, 4) is 5.75 Å². The van der Waals surface area contributed by atoms with Crippen molar-refractivity contribution in [2.24, 2.45) is 0 Å². The van der Waals surface area contributed by atoms with E-state index in [0.29, 0.717) is 49.8 Å². The van der Waals surface area contributed by atoms with Crippen molar-refractivity contribution >= 4 is 23.0 Å². The molecule has 1 fully saturated rings. The lowest BCUT2D eigenvalue weighted by molar-refractivity contribution is -0.384. The highest BCUT2D eigenvalue weighted by atomic mass is 16.6. The number of methoxy groups -OCH3 is 1. The Balaban J connectivity index is 1.81. The number of aryl methyl sites for hydroxylation is 1. The van der Waals surface area contributed by atoms with Crippen LogP contribution in [0.1, 0.15) is 27.9 Å². The van der Waals surface area contributed by atoms with Crippen LogP contribution in [0.2, 0.25) is 0 Å². The van der Waals surface area contributed by atoms with Crippen LogP contribution in [0.5, 0.6) is 5.75 Å². The van der Waals surface area contributed by atoms with Crippen LogP contribution >= 0.6 is 0 Å². The van der Waals surface area contributed by atoms with Gasteiger partial charge in [-0.25, -0.2) is 0 Å². The monoisotopic (exact) mass is 411 g/mol. The topological polar surface area (TPSA) is 85.1 Å². The predicted octanol–water partition coefficient (Wildman–Crippen LogP) is 3.34. The number of morpholine rings is 1. The van der Waals surface area contributed by atoms with Crippen LogP contribution in [-0.2, 0) is 11.2 Å². The van der Waals surface area contributed by atoms with Gasteiger partial charge in [-0.3, -0.25) is 14.9 Å². The molecule has 0 radical (unpaired) electrons. The van der Waals surface area contributed by atoms with Gasteiger partial charge in [0.15, 0.2) is 0 Å². The molecule has 8 nitrogen and oxygen atoms in total. The summed E-state index contributed by atoms with van der Waals surface area (Å²) in [5.41, 5.74) is 3.91. The van der Waals surface area contributed by atoms with Crippen molar-refractivity contribution in [2.75, 3.05) is 49.8 Å². The average molecular weight is 411 g/mol. The maximum absolute atomic E-state index is 13.8. The number of non-ortho nitro benzene ring substituents is 1. The number of nitro groups is 1. The quantitative estimate of drug-likeness (QED) is 0.567. The van der Waals surface area contributed by atoms with E-state index in [-0.39, 0.29) is 11.6 Å². The van der Waals surface area contributed by atoms with Crippen LogP contribution in [0.4, 0.5) is 17.1 Å². The Hall–Kier alpha value is -3.13. The Morgan fingerprint density at radius 1 is 1.17 bits per heavy atom. The first kappa shape index (κ1) is 20.2. The van der Waals surface area contributed by atoms with Gasteiger partial charge in [-0.05, 0) is 43.0 Å². The normalized spacial score (nSPS) is 16.2. The molecule has 0 N–H and O–H groups in total. The zero-order chi connectivity index (χ0) is 21.3. The summed E-state index contributed by atoms with van der Waals surface area (Å²) in [5.74, 6) is 0.395. The molecule has 2 aromatic carbocycles. The summed E-state index contributed by atoms with van der Waals surface area (Å²) in [6, 6.07) is 8.39. The van der Waals surface area contributed by atoms with Crippen LogP contribution in [0.15, 0.2) is 30.3 Å². The SMILES string of the molecule is COc1ccc(C)c2c1N(C(=O)c1cc([N+](=O)[O-])ccc1N1CCOCC1)CCC2. The molecule has 0 saturated carbocycles. The summed E-state index contributed by atoms with van der Waals surface area (Å²) in [6.07, 6.45) is 1.70. The number of hydrogen-bond acceptors (Lipinski definition) is 6. The van der Waals surface area contributed by atoms with Crippen LogP contribution in [0.25, 0.3) is 0 Å². The first-order valence-electron chi connectivity index (χ1n) is 10.1. The minimum absolute atomic E-state index is 0.0937. The Kier molecular flexibility index (Phi) is 5.59. The molecule has 30 heavy (non-hydrogen) atoms. The lowest BCUT2D eigenvalue weighted by Crippen LogP contribution is -2.40. The fourth-order valence-electron chi connectivity index (χ4n) is 4.26. The van der Waals surface area contributed by atoms with E-state index in [1.165, 1.54) is 12.1 Å². The van der Waals surface area contributed by atoms with Gasteiger partial charge >= 0.3 is 0 Å². The van der Waals surface area contributed by atoms with Gasteiger partial charge in [0.1, 0.15) is 5.75 Å². The molecule has 2 aliphatic heterocycles. The smallest absolute Gasteiger partial charge is 0.270 e. The molecule has 0 atom stereocenters. The van der Waals surface area contributed by atoms with Crippen LogP contribution < -0.4 is 14.5 Å². The number of nitrogens with zero attached hydrogens (tertiary/aromatic N) is 3. The highest BCUT2D eigenvalue weighted by molar-refractivity contribution is 6.11. The molecule has 1 saturated heterocycles. The molecule has 0 aliphatic carbocycles. The number of ether oxygens (including phenoxy) is 2. The highest BCUT2D eigenvalue weighted by Gasteiger charge is 2.31. The maximum Gasteiger partial charge on any atom is 0.270 e. The third-order valence-corrected chi connectivity index (χ3v) is 5.80. The maximum atomic E-state index is 13.8. The number of anilines is 2. The molecular weight excluding hydrogens is 386 g/mol. The van der Waals surface area contributed by atoms with Crippen LogP contribution in [0.3, 0.4) is 0 Å². The molecule has 0 bridgehead atoms. The van der Waals surface area contributed by atoms with E-state index in [4.69, 9.17) is 9.47 Å². The largest absolute Gasteiger partial charge is 0.495 e. The van der Waals surface area contributed by atoms with Gasteiger partial charge in [0, 0.05) is 31.8 Å². The van der Waals surface area contributed by atoms with Crippen molar-refractivity contribution in [1.82, 2.24) is 0 Å². The Morgan fingerprint density at radius 3 is 2.63 bits per heavy atom. The molecular formula is C22H25N3O5. The zero-order valence-electron chi connectivity index (χ0n) is 17.2. The number of amides is 1. The lowest BCUT2D eigenvalue weighted by Gasteiger charge is -2.34. The fraction of sp³-hybridized carbons (Fsp3) is 0.409. The molecule has 0 aromatic heterocycles. The first-order valence-corrected chi connectivity index (χ1v) is 10.1. The summed E-state index contributed by atoms with van der Waals surface area (Å²) in [6.45, 7) is 4.96. The van der Waals surface area contributed by atoms with Gasteiger partial charge in [0.25, 0.3) is 11.6 Å². The number of fused-ring (bicyclic) bond motifs is 1. The van der Waals surface area contributed by atoms with E-state index in [0.717, 1.165) is 29.7 Å². The van der Waals surface area contributed by atoms with E-state index in [2.05, 4.69) is 4.90 Å². The summed E-state index contributed by atoms with van der Waals surface area (Å²) in [7, 11) is 1.59. The van der Waals surface area contributed by atoms with Crippen molar-refractivity contribution in [3.05, 3.63) is 57.1 Å². The summed E-state index contributed by atoms with van der Waals surface area (Å²) < 4.78 is 11.0. The van der Waals surface area contributed by atoms with Crippen molar-refractivity contribution in [3.63, 3.8) is 0 Å². The second-order valence-corrected chi connectivity index (χ2v) is 7.53. The van der Waals surface area contributed by atoms with E-state index in [9.17, 15) is 14.9 Å². The number of carbonyl (C=O) groups excluding carboxylic acids is 1. The van der Waals surface area contributed by atoms with Crippen molar-refractivity contribution < 1.29 is 19.2 Å². The molecule has 2 aromatic rings. The molecule has 8 heteroatoms. The van der Waals surface area contributed by atoms with E-state index in [1.807, 2.05) is 19.1 Å². The van der Waals surface area contributed by atoms with Gasteiger partial charge in [0.2, 0.25) is 0 Å². The number of nitro benzene ring substituents is 1. The number of carbonyl (C=O) groups is 1. The van der Waals surface area contributed by atoms with Gasteiger partial charge in [0.05, 0.1) is 42.2 Å². The first-order chi connectivity index (χ1) is 14.5. The Morgan fingerprint density at radius 2 is 1.93 bits per heavy atom. The third-order valence-electron chi connectivity index (χ3n) is 5.80. The van der Waals surface area contributed by atoms with E-state index < -0.39 is 4.92 Å². The van der Waals surface area contributed by atoms with E-state index >= 15 is 0 Å². The Bertz CT molecular complexity index is 985. The van der Waals surface area contributed by atoms with Gasteiger partial charge < -0.3 is 19.3 Å². The molecule has 158 valence electrons.